The maximum atomic E-state index is 15.0. The number of rotatable bonds is 9. The van der Waals surface area contributed by atoms with E-state index in [9.17, 15) is 13.2 Å². The first-order chi connectivity index (χ1) is 17.0. The van der Waals surface area contributed by atoms with E-state index in [4.69, 9.17) is 4.74 Å². The monoisotopic (exact) mass is 478 g/mol. The van der Waals surface area contributed by atoms with E-state index < -0.39 is 11.6 Å². The third-order valence-corrected chi connectivity index (χ3v) is 7.13. The summed E-state index contributed by atoms with van der Waals surface area (Å²) in [5, 5.41) is 0. The van der Waals surface area contributed by atoms with Gasteiger partial charge in [-0.15, -0.1) is 6.58 Å². The lowest BCUT2D eigenvalue weighted by Crippen LogP contribution is -2.13. The van der Waals surface area contributed by atoms with Crippen LogP contribution in [0.1, 0.15) is 61.6 Å². The molecule has 184 valence electrons. The molecule has 0 spiro atoms. The summed E-state index contributed by atoms with van der Waals surface area (Å²) in [4.78, 5) is 0. The summed E-state index contributed by atoms with van der Waals surface area (Å²) in [5.74, 6) is -0.497. The highest BCUT2D eigenvalue weighted by atomic mass is 19.2. The van der Waals surface area contributed by atoms with E-state index >= 15 is 0 Å². The van der Waals surface area contributed by atoms with E-state index in [2.05, 4.69) is 13.5 Å². The van der Waals surface area contributed by atoms with Gasteiger partial charge in [0.15, 0.2) is 11.6 Å². The molecule has 1 aliphatic carbocycles. The van der Waals surface area contributed by atoms with Gasteiger partial charge in [-0.3, -0.25) is 0 Å². The largest absolute Gasteiger partial charge is 0.493 e. The van der Waals surface area contributed by atoms with Crippen molar-refractivity contribution in [3.8, 4) is 16.9 Å². The fourth-order valence-corrected chi connectivity index (χ4v) is 4.88. The van der Waals surface area contributed by atoms with Crippen molar-refractivity contribution in [2.45, 2.75) is 57.8 Å². The summed E-state index contributed by atoms with van der Waals surface area (Å²) in [6, 6.07) is 15.8. The van der Waals surface area contributed by atoms with E-state index in [1.54, 1.807) is 30.3 Å². The van der Waals surface area contributed by atoms with Gasteiger partial charge in [0.1, 0.15) is 11.6 Å². The van der Waals surface area contributed by atoms with E-state index in [0.29, 0.717) is 54.2 Å². The summed E-state index contributed by atoms with van der Waals surface area (Å²) in [6.07, 6.45) is 7.60. The highest BCUT2D eigenvalue weighted by molar-refractivity contribution is 5.65. The van der Waals surface area contributed by atoms with Crippen molar-refractivity contribution in [1.29, 1.82) is 0 Å². The van der Waals surface area contributed by atoms with Crippen LogP contribution >= 0.6 is 0 Å². The van der Waals surface area contributed by atoms with Crippen LogP contribution in [0.3, 0.4) is 0 Å². The molecule has 1 saturated carbocycles. The lowest BCUT2D eigenvalue weighted by atomic mass is 9.79. The summed E-state index contributed by atoms with van der Waals surface area (Å²) in [6.45, 7) is 6.33. The van der Waals surface area contributed by atoms with Gasteiger partial charge in [0.25, 0.3) is 0 Å². The summed E-state index contributed by atoms with van der Waals surface area (Å²) in [7, 11) is 0. The van der Waals surface area contributed by atoms with Gasteiger partial charge < -0.3 is 4.74 Å². The molecule has 0 aliphatic heterocycles. The quantitative estimate of drug-likeness (QED) is 0.221. The van der Waals surface area contributed by atoms with Crippen molar-refractivity contribution in [2.24, 2.45) is 5.92 Å². The Kier molecular flexibility index (Phi) is 8.33. The van der Waals surface area contributed by atoms with Crippen molar-refractivity contribution >= 4 is 0 Å². The predicted octanol–water partition coefficient (Wildman–Crippen LogP) is 8.80. The molecule has 0 heterocycles. The molecular formula is C31H33F3O. The second kappa shape index (κ2) is 11.6. The van der Waals surface area contributed by atoms with Crippen molar-refractivity contribution in [3.05, 3.63) is 101 Å². The first kappa shape index (κ1) is 25.1. The van der Waals surface area contributed by atoms with Gasteiger partial charge in [-0.25, -0.2) is 13.2 Å². The van der Waals surface area contributed by atoms with Crippen LogP contribution in [0, 0.1) is 23.4 Å². The Labute approximate surface area is 206 Å². The van der Waals surface area contributed by atoms with Crippen LogP contribution in [0.25, 0.3) is 11.1 Å². The smallest absolute Gasteiger partial charge is 0.166 e. The van der Waals surface area contributed by atoms with Crippen LogP contribution in [0.2, 0.25) is 0 Å². The molecule has 0 unspecified atom stereocenters. The minimum absolute atomic E-state index is 0.102. The molecule has 0 atom stereocenters. The molecular weight excluding hydrogens is 445 g/mol. The van der Waals surface area contributed by atoms with E-state index in [1.165, 1.54) is 6.07 Å². The maximum absolute atomic E-state index is 15.0. The molecule has 3 aromatic carbocycles. The van der Waals surface area contributed by atoms with Crippen molar-refractivity contribution in [3.63, 3.8) is 0 Å². The molecule has 35 heavy (non-hydrogen) atoms. The highest BCUT2D eigenvalue weighted by Crippen LogP contribution is 2.38. The lowest BCUT2D eigenvalue weighted by Gasteiger charge is -2.27. The van der Waals surface area contributed by atoms with E-state index in [-0.39, 0.29) is 17.3 Å². The third-order valence-electron chi connectivity index (χ3n) is 7.13. The van der Waals surface area contributed by atoms with Crippen LogP contribution in [-0.2, 0) is 12.8 Å². The Bertz CT molecular complexity index is 1140. The SMILES string of the molecule is C=CCCOc1ccc(CCc2ccc(-c3ccc(C4CCC(C)CC4)c(F)c3F)cc2)c(F)c1. The normalized spacial score (nSPS) is 17.8. The van der Waals surface area contributed by atoms with Gasteiger partial charge in [-0.2, -0.15) is 0 Å². The maximum Gasteiger partial charge on any atom is 0.166 e. The number of halogens is 3. The second-order valence-electron chi connectivity index (χ2n) is 9.66. The number of ether oxygens (including phenoxy) is 1. The molecule has 0 bridgehead atoms. The first-order valence-electron chi connectivity index (χ1n) is 12.6. The topological polar surface area (TPSA) is 9.23 Å². The zero-order valence-corrected chi connectivity index (χ0v) is 20.3. The van der Waals surface area contributed by atoms with Crippen LogP contribution in [0.4, 0.5) is 13.2 Å². The molecule has 1 aliphatic rings. The molecule has 0 amide bonds. The van der Waals surface area contributed by atoms with Gasteiger partial charge >= 0.3 is 0 Å². The summed E-state index contributed by atoms with van der Waals surface area (Å²) < 4.78 is 49.9. The van der Waals surface area contributed by atoms with E-state index in [1.807, 2.05) is 24.3 Å². The minimum Gasteiger partial charge on any atom is -0.493 e. The highest BCUT2D eigenvalue weighted by Gasteiger charge is 2.25. The average molecular weight is 479 g/mol. The number of hydrogen-bond acceptors (Lipinski definition) is 1. The molecule has 0 radical (unpaired) electrons. The van der Waals surface area contributed by atoms with E-state index in [0.717, 1.165) is 31.2 Å². The summed E-state index contributed by atoms with van der Waals surface area (Å²) >= 11 is 0. The van der Waals surface area contributed by atoms with Crippen LogP contribution in [0.15, 0.2) is 67.3 Å². The minimum atomic E-state index is -0.772. The first-order valence-corrected chi connectivity index (χ1v) is 12.6. The molecule has 0 N–H and O–H groups in total. The Morgan fingerprint density at radius 1 is 0.886 bits per heavy atom. The Hall–Kier alpha value is -3.01. The zero-order chi connectivity index (χ0) is 24.8. The fourth-order valence-electron chi connectivity index (χ4n) is 4.88. The van der Waals surface area contributed by atoms with Crippen LogP contribution < -0.4 is 4.74 Å². The predicted molar refractivity (Wildman–Crippen MR) is 136 cm³/mol. The lowest BCUT2D eigenvalue weighted by molar-refractivity contribution is 0.323. The molecule has 4 rings (SSSR count). The Morgan fingerprint density at radius 2 is 1.63 bits per heavy atom. The number of hydrogen-bond donors (Lipinski definition) is 0. The summed E-state index contributed by atoms with van der Waals surface area (Å²) in [5.41, 5.74) is 3.05. The molecule has 0 saturated heterocycles. The van der Waals surface area contributed by atoms with Gasteiger partial charge in [-0.1, -0.05) is 68.3 Å². The number of benzene rings is 3. The molecule has 1 nitrogen and oxygen atoms in total. The van der Waals surface area contributed by atoms with Crippen molar-refractivity contribution in [1.82, 2.24) is 0 Å². The molecule has 1 fully saturated rings. The number of aryl methyl sites for hydroxylation is 2. The molecule has 4 heteroatoms. The van der Waals surface area contributed by atoms with Crippen molar-refractivity contribution in [2.75, 3.05) is 6.61 Å². The average Bonchev–Trinajstić information content (AvgIpc) is 2.86. The third kappa shape index (κ3) is 6.17. The van der Waals surface area contributed by atoms with Gasteiger partial charge in [-0.05, 0) is 72.3 Å². The zero-order valence-electron chi connectivity index (χ0n) is 20.3. The Morgan fingerprint density at radius 3 is 2.31 bits per heavy atom. The Balaban J connectivity index is 1.40. The molecule has 0 aromatic heterocycles. The second-order valence-corrected chi connectivity index (χ2v) is 9.66. The van der Waals surface area contributed by atoms with Gasteiger partial charge in [0.2, 0.25) is 0 Å². The van der Waals surface area contributed by atoms with Crippen molar-refractivity contribution < 1.29 is 17.9 Å². The van der Waals surface area contributed by atoms with Crippen LogP contribution in [-0.4, -0.2) is 6.61 Å². The molecule has 3 aromatic rings. The van der Waals surface area contributed by atoms with Gasteiger partial charge in [0.05, 0.1) is 6.61 Å². The van der Waals surface area contributed by atoms with Crippen LogP contribution in [0.5, 0.6) is 5.75 Å². The fraction of sp³-hybridized carbons (Fsp3) is 0.355. The van der Waals surface area contributed by atoms with Gasteiger partial charge in [0, 0.05) is 11.6 Å². The standard InChI is InChI=1S/C31H33F3O/c1-3-4-19-35-26-16-15-25(29(32)20-26)14-9-22-7-12-24(13-8-22)28-18-17-27(30(33)31(28)34)23-10-5-21(2)6-11-23/h3,7-8,12-13,15-18,20-21,23H,1,4-6,9-11,14,19H2,2H3.